The lowest BCUT2D eigenvalue weighted by atomic mass is 10.2. The van der Waals surface area contributed by atoms with E-state index in [0.29, 0.717) is 11.9 Å². The highest BCUT2D eigenvalue weighted by molar-refractivity contribution is 7.10. The van der Waals surface area contributed by atoms with Crippen LogP contribution in [0.2, 0.25) is 0 Å². The Bertz CT molecular complexity index is 321. The van der Waals surface area contributed by atoms with Crippen molar-refractivity contribution in [3.05, 3.63) is 5.56 Å². The summed E-state index contributed by atoms with van der Waals surface area (Å²) in [6, 6.07) is 0.702. The quantitative estimate of drug-likeness (QED) is 0.817. The van der Waals surface area contributed by atoms with Gasteiger partial charge in [0.2, 0.25) is 0 Å². The van der Waals surface area contributed by atoms with Crippen LogP contribution in [0.15, 0.2) is 0 Å². The fraction of sp³-hybridized carbons (Fsp3) is 0.700. The Morgan fingerprint density at radius 2 is 2.43 bits per heavy atom. The van der Waals surface area contributed by atoms with Gasteiger partial charge in [0.25, 0.3) is 0 Å². The van der Waals surface area contributed by atoms with E-state index in [0.717, 1.165) is 5.56 Å². The van der Waals surface area contributed by atoms with Crippen LogP contribution >= 0.6 is 11.5 Å². The lowest BCUT2D eigenvalue weighted by Gasteiger charge is -2.24. The first kappa shape index (κ1) is 9.77. The second-order valence-electron chi connectivity index (χ2n) is 3.90. The van der Waals surface area contributed by atoms with Crippen LogP contribution < -0.4 is 10.6 Å². The summed E-state index contributed by atoms with van der Waals surface area (Å²) in [5.74, 6) is 0.701. The maximum Gasteiger partial charge on any atom is 0.142 e. The lowest BCUT2D eigenvalue weighted by Crippen LogP contribution is -2.28. The molecule has 0 bridgehead atoms. The van der Waals surface area contributed by atoms with Crippen molar-refractivity contribution in [1.29, 1.82) is 0 Å². The Morgan fingerprint density at radius 3 is 3.00 bits per heavy atom. The van der Waals surface area contributed by atoms with Gasteiger partial charge in [0, 0.05) is 18.2 Å². The van der Waals surface area contributed by atoms with Gasteiger partial charge in [-0.05, 0) is 37.7 Å². The van der Waals surface area contributed by atoms with Gasteiger partial charge in [-0.25, -0.2) is 0 Å². The highest BCUT2D eigenvalue weighted by Crippen LogP contribution is 2.35. The Kier molecular flexibility index (Phi) is 2.63. The smallest absolute Gasteiger partial charge is 0.142 e. The first-order valence-corrected chi connectivity index (χ1v) is 5.99. The summed E-state index contributed by atoms with van der Waals surface area (Å²) in [5.41, 5.74) is 6.93. The number of aromatic nitrogens is 1. The predicted molar refractivity (Wildman–Crippen MR) is 61.9 cm³/mol. The van der Waals surface area contributed by atoms with Crippen LogP contribution in [0.5, 0.6) is 0 Å². The number of hydrogen-bond acceptors (Lipinski definition) is 4. The number of nitrogens with zero attached hydrogens (tertiary/aromatic N) is 2. The van der Waals surface area contributed by atoms with Crippen molar-refractivity contribution in [2.45, 2.75) is 39.2 Å². The molecule has 1 aromatic heterocycles. The van der Waals surface area contributed by atoms with Crippen molar-refractivity contribution in [1.82, 2.24) is 4.37 Å². The Hall–Kier alpha value is -0.770. The number of rotatable bonds is 2. The third kappa shape index (κ3) is 1.47. The van der Waals surface area contributed by atoms with Crippen LogP contribution in [0.25, 0.3) is 0 Å². The average Bonchev–Trinajstić information content (AvgIpc) is 2.75. The number of anilines is 2. The third-order valence-corrected chi connectivity index (χ3v) is 4.05. The third-order valence-electron chi connectivity index (χ3n) is 3.04. The van der Waals surface area contributed by atoms with E-state index < -0.39 is 0 Å². The molecule has 2 N–H and O–H groups in total. The summed E-state index contributed by atoms with van der Waals surface area (Å²) in [6.45, 7) is 5.49. The van der Waals surface area contributed by atoms with Crippen molar-refractivity contribution in [3.8, 4) is 0 Å². The second-order valence-corrected chi connectivity index (χ2v) is 4.65. The molecule has 1 saturated heterocycles. The highest BCUT2D eigenvalue weighted by Gasteiger charge is 2.26. The maximum atomic E-state index is 5.77. The van der Waals surface area contributed by atoms with Gasteiger partial charge in [0.1, 0.15) is 10.8 Å². The summed E-state index contributed by atoms with van der Waals surface area (Å²) in [4.78, 5) is 2.48. The Labute approximate surface area is 89.1 Å². The van der Waals surface area contributed by atoms with Crippen molar-refractivity contribution in [2.24, 2.45) is 0 Å². The number of nitrogens with two attached hydrogens (primary N) is 1. The predicted octanol–water partition coefficient (Wildman–Crippen LogP) is 2.41. The fourth-order valence-corrected chi connectivity index (χ4v) is 3.04. The summed E-state index contributed by atoms with van der Waals surface area (Å²) in [7, 11) is 0. The number of nitrogen functional groups attached to an aromatic ring is 1. The molecule has 1 fully saturated rings. The van der Waals surface area contributed by atoms with Crippen molar-refractivity contribution >= 4 is 22.4 Å². The van der Waals surface area contributed by atoms with Gasteiger partial charge >= 0.3 is 0 Å². The first-order chi connectivity index (χ1) is 6.74. The Balaban J connectivity index is 2.26. The zero-order valence-electron chi connectivity index (χ0n) is 8.79. The van der Waals surface area contributed by atoms with Crippen LogP contribution in [0.3, 0.4) is 0 Å². The molecule has 2 rings (SSSR count). The highest BCUT2D eigenvalue weighted by atomic mass is 32.1. The molecule has 4 heteroatoms. The van der Waals surface area contributed by atoms with Gasteiger partial charge in [-0.15, -0.1) is 0 Å². The molecule has 0 aliphatic carbocycles. The Morgan fingerprint density at radius 1 is 1.64 bits per heavy atom. The zero-order valence-corrected chi connectivity index (χ0v) is 9.60. The van der Waals surface area contributed by atoms with Crippen LogP contribution in [0.4, 0.5) is 10.8 Å². The molecule has 1 atom stereocenters. The maximum absolute atomic E-state index is 5.77. The largest absolute Gasteiger partial charge is 0.383 e. The molecule has 0 radical (unpaired) electrons. The fourth-order valence-electron chi connectivity index (χ4n) is 2.13. The van der Waals surface area contributed by atoms with Crippen LogP contribution in [0, 0.1) is 6.92 Å². The normalized spacial score (nSPS) is 21.9. The minimum absolute atomic E-state index is 0.701. The molecule has 14 heavy (non-hydrogen) atoms. The summed E-state index contributed by atoms with van der Waals surface area (Å²) >= 11 is 1.54. The van der Waals surface area contributed by atoms with Gasteiger partial charge in [0.15, 0.2) is 0 Å². The first-order valence-electron chi connectivity index (χ1n) is 5.22. The lowest BCUT2D eigenvalue weighted by molar-refractivity contribution is 0.648. The van der Waals surface area contributed by atoms with E-state index in [1.54, 1.807) is 11.5 Å². The van der Waals surface area contributed by atoms with Crippen LogP contribution in [-0.4, -0.2) is 17.0 Å². The van der Waals surface area contributed by atoms with Gasteiger partial charge in [-0.3, -0.25) is 0 Å². The molecule has 2 heterocycles. The zero-order chi connectivity index (χ0) is 10.1. The summed E-state index contributed by atoms with van der Waals surface area (Å²) in [6.07, 6.45) is 3.83. The molecule has 1 aromatic rings. The number of hydrogen-bond donors (Lipinski definition) is 1. The SMILES string of the molecule is CCC1CCCN1c1snc(N)c1C. The standard InChI is InChI=1S/C10H17N3S/c1-3-8-5-4-6-13(8)10-7(2)9(11)12-14-10/h8H,3-6H2,1-2H3,(H2,11,12). The molecule has 0 saturated carbocycles. The summed E-state index contributed by atoms with van der Waals surface area (Å²) in [5, 5.41) is 1.28. The molecule has 0 spiro atoms. The van der Waals surface area contributed by atoms with E-state index in [2.05, 4.69) is 23.1 Å². The van der Waals surface area contributed by atoms with Crippen LogP contribution in [-0.2, 0) is 0 Å². The van der Waals surface area contributed by atoms with E-state index in [1.807, 2.05) is 0 Å². The molecule has 1 aliphatic rings. The van der Waals surface area contributed by atoms with Crippen LogP contribution in [0.1, 0.15) is 31.7 Å². The average molecular weight is 211 g/mol. The van der Waals surface area contributed by atoms with E-state index in [4.69, 9.17) is 5.73 Å². The second kappa shape index (κ2) is 3.77. The minimum Gasteiger partial charge on any atom is -0.383 e. The molecule has 78 valence electrons. The van der Waals surface area contributed by atoms with Crippen molar-refractivity contribution in [2.75, 3.05) is 17.2 Å². The van der Waals surface area contributed by atoms with E-state index in [9.17, 15) is 0 Å². The molecule has 0 amide bonds. The summed E-state index contributed by atoms with van der Waals surface area (Å²) < 4.78 is 4.21. The molecule has 1 unspecified atom stereocenters. The molecule has 1 aliphatic heterocycles. The topological polar surface area (TPSA) is 42.2 Å². The monoisotopic (exact) mass is 211 g/mol. The van der Waals surface area contributed by atoms with E-state index in [1.165, 1.54) is 30.8 Å². The van der Waals surface area contributed by atoms with Crippen molar-refractivity contribution < 1.29 is 0 Å². The van der Waals surface area contributed by atoms with Gasteiger partial charge in [-0.1, -0.05) is 6.92 Å². The molecule has 0 aromatic carbocycles. The van der Waals surface area contributed by atoms with E-state index >= 15 is 0 Å². The van der Waals surface area contributed by atoms with Gasteiger partial charge in [0.05, 0.1) is 0 Å². The van der Waals surface area contributed by atoms with Gasteiger partial charge in [-0.2, -0.15) is 4.37 Å². The molecular weight excluding hydrogens is 194 g/mol. The van der Waals surface area contributed by atoms with Crippen molar-refractivity contribution in [3.63, 3.8) is 0 Å². The van der Waals surface area contributed by atoms with E-state index in [-0.39, 0.29) is 0 Å². The van der Waals surface area contributed by atoms with Gasteiger partial charge < -0.3 is 10.6 Å². The molecule has 3 nitrogen and oxygen atoms in total. The minimum atomic E-state index is 0.701. The molecular formula is C10H17N3S.